The summed E-state index contributed by atoms with van der Waals surface area (Å²) in [5.74, 6) is 0.747. The van der Waals surface area contributed by atoms with Gasteiger partial charge in [0, 0.05) is 23.6 Å². The Hall–Kier alpha value is -3.64. The van der Waals surface area contributed by atoms with E-state index in [1.165, 1.54) is 11.3 Å². The van der Waals surface area contributed by atoms with E-state index in [1.54, 1.807) is 6.92 Å². The highest BCUT2D eigenvalue weighted by Crippen LogP contribution is 2.35. The van der Waals surface area contributed by atoms with Crippen LogP contribution in [-0.4, -0.2) is 23.2 Å². The van der Waals surface area contributed by atoms with Gasteiger partial charge in [-0.1, -0.05) is 66.7 Å². The van der Waals surface area contributed by atoms with E-state index in [1.807, 2.05) is 89.8 Å². The van der Waals surface area contributed by atoms with E-state index in [9.17, 15) is 4.79 Å². The number of amidine groups is 1. The van der Waals surface area contributed by atoms with Crippen LogP contribution >= 0.6 is 11.3 Å². The van der Waals surface area contributed by atoms with E-state index in [4.69, 9.17) is 15.9 Å². The first-order chi connectivity index (χ1) is 15.5. The van der Waals surface area contributed by atoms with Crippen LogP contribution in [0.3, 0.4) is 0 Å². The zero-order valence-corrected chi connectivity index (χ0v) is 18.6. The third-order valence-electron chi connectivity index (χ3n) is 5.28. The van der Waals surface area contributed by atoms with Crippen LogP contribution in [0, 0.1) is 5.41 Å². The second kappa shape index (κ2) is 9.66. The van der Waals surface area contributed by atoms with E-state index in [0.29, 0.717) is 23.7 Å². The number of hydrogen-bond donors (Lipinski definition) is 2. The van der Waals surface area contributed by atoms with Crippen molar-refractivity contribution in [2.45, 2.75) is 19.6 Å². The minimum absolute atomic E-state index is 0.00834. The second-order valence-electron chi connectivity index (χ2n) is 7.59. The summed E-state index contributed by atoms with van der Waals surface area (Å²) in [5, 5.41) is 8.68. The number of nitrogens with one attached hydrogen (secondary N) is 1. The Balaban J connectivity index is 1.66. The van der Waals surface area contributed by atoms with Crippen molar-refractivity contribution in [2.24, 2.45) is 5.73 Å². The van der Waals surface area contributed by atoms with Gasteiger partial charge in [0.15, 0.2) is 0 Å². The molecule has 4 aromatic rings. The molecule has 0 spiro atoms. The lowest BCUT2D eigenvalue weighted by Crippen LogP contribution is -2.34. The van der Waals surface area contributed by atoms with Crippen molar-refractivity contribution in [3.8, 4) is 5.75 Å². The van der Waals surface area contributed by atoms with Crippen molar-refractivity contribution < 1.29 is 9.53 Å². The highest BCUT2D eigenvalue weighted by molar-refractivity contribution is 7.20. The zero-order chi connectivity index (χ0) is 22.5. The molecule has 0 saturated carbocycles. The van der Waals surface area contributed by atoms with Gasteiger partial charge in [0.1, 0.15) is 17.7 Å². The number of hydrogen-bond acceptors (Lipinski definition) is 4. The van der Waals surface area contributed by atoms with Gasteiger partial charge in [-0.05, 0) is 29.3 Å². The smallest absolute Gasteiger partial charge is 0.219 e. The van der Waals surface area contributed by atoms with Gasteiger partial charge < -0.3 is 15.4 Å². The number of benzene rings is 3. The lowest BCUT2D eigenvalue weighted by molar-refractivity contribution is -0.130. The average Bonchev–Trinajstić information content (AvgIpc) is 3.25. The molecule has 0 bridgehead atoms. The molecule has 5 nitrogen and oxygen atoms in total. The van der Waals surface area contributed by atoms with Crippen LogP contribution in [0.1, 0.15) is 29.0 Å². The number of rotatable bonds is 8. The summed E-state index contributed by atoms with van der Waals surface area (Å²) in [6.45, 7) is 2.51. The minimum atomic E-state index is -0.352. The molecule has 0 radical (unpaired) electrons. The van der Waals surface area contributed by atoms with Crippen LogP contribution in [-0.2, 0) is 11.3 Å². The number of carbonyl (C=O) groups excluding carboxylic acids is 1. The molecule has 1 amide bonds. The van der Waals surface area contributed by atoms with E-state index < -0.39 is 0 Å². The largest absolute Gasteiger partial charge is 0.483 e. The number of thiophene rings is 1. The van der Waals surface area contributed by atoms with E-state index in [-0.39, 0.29) is 17.8 Å². The lowest BCUT2D eigenvalue weighted by Gasteiger charge is -2.28. The van der Waals surface area contributed by atoms with Crippen LogP contribution in [0.25, 0.3) is 10.1 Å². The predicted molar refractivity (Wildman–Crippen MR) is 130 cm³/mol. The molecule has 1 aromatic heterocycles. The Labute approximate surface area is 191 Å². The summed E-state index contributed by atoms with van der Waals surface area (Å²) >= 11 is 1.47. The number of nitrogen functional groups attached to an aromatic ring is 1. The Bertz CT molecular complexity index is 1220. The van der Waals surface area contributed by atoms with E-state index >= 15 is 0 Å². The van der Waals surface area contributed by atoms with Gasteiger partial charge in [-0.15, -0.1) is 11.3 Å². The SMILES string of the molecule is CC(=O)N(Cc1ccccc1)CC(Oc1cccc2sc(C(=N)N)cc12)c1ccccc1. The van der Waals surface area contributed by atoms with Gasteiger partial charge in [-0.2, -0.15) is 0 Å². The summed E-state index contributed by atoms with van der Waals surface area (Å²) < 4.78 is 7.53. The molecule has 6 heteroatoms. The fourth-order valence-corrected chi connectivity index (χ4v) is 4.55. The van der Waals surface area contributed by atoms with E-state index in [0.717, 1.165) is 21.2 Å². The summed E-state index contributed by atoms with van der Waals surface area (Å²) in [5.41, 5.74) is 7.76. The van der Waals surface area contributed by atoms with Crippen molar-refractivity contribution in [3.05, 3.63) is 101 Å². The average molecular weight is 444 g/mol. The fraction of sp³-hybridized carbons (Fsp3) is 0.154. The van der Waals surface area contributed by atoms with Crippen LogP contribution < -0.4 is 10.5 Å². The first-order valence-electron chi connectivity index (χ1n) is 10.4. The van der Waals surface area contributed by atoms with Gasteiger partial charge >= 0.3 is 0 Å². The van der Waals surface area contributed by atoms with Crippen molar-refractivity contribution in [1.29, 1.82) is 5.41 Å². The Morgan fingerprint density at radius 2 is 1.72 bits per heavy atom. The molecule has 3 N–H and O–H groups in total. The van der Waals surface area contributed by atoms with Crippen molar-refractivity contribution in [3.63, 3.8) is 0 Å². The number of fused-ring (bicyclic) bond motifs is 1. The highest BCUT2D eigenvalue weighted by atomic mass is 32.1. The highest BCUT2D eigenvalue weighted by Gasteiger charge is 2.21. The van der Waals surface area contributed by atoms with Crippen LogP contribution in [0.5, 0.6) is 5.75 Å². The van der Waals surface area contributed by atoms with E-state index in [2.05, 4.69) is 0 Å². The van der Waals surface area contributed by atoms with Crippen molar-refractivity contribution >= 4 is 33.2 Å². The molecule has 1 atom stereocenters. The first-order valence-corrected chi connectivity index (χ1v) is 11.2. The quantitative estimate of drug-likeness (QED) is 0.284. The standard InChI is InChI=1S/C26H25N3O2S/c1-18(30)29(16-19-9-4-2-5-10-19)17-23(20-11-6-3-7-12-20)31-22-13-8-14-24-21(22)15-25(32-24)26(27)28/h2-15,23H,16-17H2,1H3,(H3,27,28). The molecule has 32 heavy (non-hydrogen) atoms. The molecule has 3 aromatic carbocycles. The van der Waals surface area contributed by atoms with Gasteiger partial charge in [0.25, 0.3) is 0 Å². The molecule has 0 fully saturated rings. The Morgan fingerprint density at radius 1 is 1.03 bits per heavy atom. The molecule has 1 heterocycles. The maximum atomic E-state index is 12.5. The maximum absolute atomic E-state index is 12.5. The number of nitrogens with zero attached hydrogens (tertiary/aromatic N) is 1. The number of nitrogens with two attached hydrogens (primary N) is 1. The molecular formula is C26H25N3O2S. The Kier molecular flexibility index (Phi) is 6.52. The topological polar surface area (TPSA) is 79.4 Å². The molecule has 4 rings (SSSR count). The predicted octanol–water partition coefficient (Wildman–Crippen LogP) is 5.35. The molecule has 0 saturated heterocycles. The first kappa shape index (κ1) is 21.6. The number of carbonyl (C=O) groups is 1. The number of ether oxygens (including phenoxy) is 1. The van der Waals surface area contributed by atoms with Crippen molar-refractivity contribution in [1.82, 2.24) is 4.90 Å². The lowest BCUT2D eigenvalue weighted by atomic mass is 10.1. The van der Waals surface area contributed by atoms with Gasteiger partial charge in [0.2, 0.25) is 5.91 Å². The second-order valence-corrected chi connectivity index (χ2v) is 8.68. The van der Waals surface area contributed by atoms with Crippen molar-refractivity contribution in [2.75, 3.05) is 6.54 Å². The normalized spacial score (nSPS) is 11.8. The molecule has 162 valence electrons. The summed E-state index contributed by atoms with van der Waals surface area (Å²) in [4.78, 5) is 15.0. The van der Waals surface area contributed by atoms with Gasteiger partial charge in [0.05, 0.1) is 11.4 Å². The molecule has 0 aliphatic carbocycles. The Morgan fingerprint density at radius 3 is 2.38 bits per heavy atom. The molecule has 0 aliphatic rings. The minimum Gasteiger partial charge on any atom is -0.483 e. The third kappa shape index (κ3) is 4.98. The molecule has 1 unspecified atom stereocenters. The maximum Gasteiger partial charge on any atom is 0.219 e. The van der Waals surface area contributed by atoms with Gasteiger partial charge in [-0.25, -0.2) is 0 Å². The van der Waals surface area contributed by atoms with Gasteiger partial charge in [-0.3, -0.25) is 10.2 Å². The third-order valence-corrected chi connectivity index (χ3v) is 6.41. The van der Waals surface area contributed by atoms with Crippen LogP contribution in [0.4, 0.5) is 0 Å². The number of amides is 1. The molecule has 0 aliphatic heterocycles. The summed E-state index contributed by atoms with van der Waals surface area (Å²) in [6.07, 6.45) is -0.352. The fourth-order valence-electron chi connectivity index (χ4n) is 3.61. The zero-order valence-electron chi connectivity index (χ0n) is 17.8. The van der Waals surface area contributed by atoms with Crippen LogP contribution in [0.2, 0.25) is 0 Å². The monoisotopic (exact) mass is 443 g/mol. The summed E-state index contributed by atoms with van der Waals surface area (Å²) in [7, 11) is 0. The molecular weight excluding hydrogens is 418 g/mol. The summed E-state index contributed by atoms with van der Waals surface area (Å²) in [6, 6.07) is 27.6. The van der Waals surface area contributed by atoms with Crippen LogP contribution in [0.15, 0.2) is 84.9 Å².